The number of halogens is 2. The number of rotatable bonds is 3. The molecule has 0 bridgehead atoms. The first-order chi connectivity index (χ1) is 8.54. The Hall–Kier alpha value is -0.650. The Labute approximate surface area is 117 Å². The Bertz CT molecular complexity index is 384. The second-order valence-corrected chi connectivity index (χ2v) is 5.54. The average molecular weight is 290 g/mol. The molecular weight excluding hydrogens is 273 g/mol. The van der Waals surface area contributed by atoms with Gasteiger partial charge in [0.2, 0.25) is 16.5 Å². The Morgan fingerprint density at radius 2 is 1.67 bits per heavy atom. The summed E-state index contributed by atoms with van der Waals surface area (Å²) in [5.41, 5.74) is 0. The minimum absolute atomic E-state index is 0.153. The van der Waals surface area contributed by atoms with Crippen LogP contribution in [0.15, 0.2) is 0 Å². The van der Waals surface area contributed by atoms with Crippen LogP contribution in [-0.2, 0) is 0 Å². The fourth-order valence-electron chi connectivity index (χ4n) is 2.29. The summed E-state index contributed by atoms with van der Waals surface area (Å²) < 4.78 is 0. The van der Waals surface area contributed by atoms with Crippen LogP contribution in [0.3, 0.4) is 0 Å². The molecule has 2 heterocycles. The zero-order chi connectivity index (χ0) is 13.1. The summed E-state index contributed by atoms with van der Waals surface area (Å²) in [7, 11) is 4.22. The van der Waals surface area contributed by atoms with Crippen molar-refractivity contribution < 1.29 is 0 Å². The molecule has 0 aliphatic carbocycles. The summed E-state index contributed by atoms with van der Waals surface area (Å²) in [6.45, 7) is 3.01. The molecule has 5 nitrogen and oxygen atoms in total. The zero-order valence-corrected chi connectivity index (χ0v) is 12.1. The molecule has 18 heavy (non-hydrogen) atoms. The van der Waals surface area contributed by atoms with Crippen LogP contribution in [0.1, 0.15) is 12.8 Å². The highest BCUT2D eigenvalue weighted by Gasteiger charge is 2.22. The predicted octanol–water partition coefficient (Wildman–Crippen LogP) is 1.96. The molecule has 0 radical (unpaired) electrons. The SMILES string of the molecule is CN(C)CC1CCN(c2nc(Cl)nc(Cl)n2)CC1. The average Bonchev–Trinajstić information content (AvgIpc) is 2.27. The number of aromatic nitrogens is 3. The molecule has 1 saturated heterocycles. The third kappa shape index (κ3) is 3.67. The monoisotopic (exact) mass is 289 g/mol. The number of hydrogen-bond donors (Lipinski definition) is 0. The Morgan fingerprint density at radius 3 is 2.17 bits per heavy atom. The van der Waals surface area contributed by atoms with E-state index in [1.54, 1.807) is 0 Å². The minimum Gasteiger partial charge on any atom is -0.341 e. The van der Waals surface area contributed by atoms with E-state index in [1.165, 1.54) is 0 Å². The van der Waals surface area contributed by atoms with Gasteiger partial charge in [-0.3, -0.25) is 0 Å². The van der Waals surface area contributed by atoms with Crippen molar-refractivity contribution in [1.82, 2.24) is 19.9 Å². The lowest BCUT2D eigenvalue weighted by Gasteiger charge is -2.33. The van der Waals surface area contributed by atoms with Crippen LogP contribution in [0.25, 0.3) is 0 Å². The molecule has 0 aromatic carbocycles. The molecule has 0 atom stereocenters. The van der Waals surface area contributed by atoms with Crippen molar-refractivity contribution in [3.63, 3.8) is 0 Å². The summed E-state index contributed by atoms with van der Waals surface area (Å²) >= 11 is 11.6. The molecule has 100 valence electrons. The summed E-state index contributed by atoms with van der Waals surface area (Å²) in [5, 5.41) is 0.306. The lowest BCUT2D eigenvalue weighted by atomic mass is 9.97. The van der Waals surface area contributed by atoms with Gasteiger partial charge in [0.1, 0.15) is 0 Å². The summed E-state index contributed by atoms with van der Waals surface area (Å²) in [5.74, 6) is 1.33. The highest BCUT2D eigenvalue weighted by Crippen LogP contribution is 2.22. The van der Waals surface area contributed by atoms with Crippen molar-refractivity contribution in [2.24, 2.45) is 5.92 Å². The lowest BCUT2D eigenvalue weighted by Crippen LogP contribution is -2.38. The lowest BCUT2D eigenvalue weighted by molar-refractivity contribution is 0.284. The molecule has 7 heteroatoms. The van der Waals surface area contributed by atoms with E-state index in [0.717, 1.165) is 38.4 Å². The molecule has 1 aliphatic rings. The van der Waals surface area contributed by atoms with Crippen LogP contribution in [-0.4, -0.2) is 53.6 Å². The van der Waals surface area contributed by atoms with Gasteiger partial charge in [0.15, 0.2) is 0 Å². The van der Waals surface area contributed by atoms with Gasteiger partial charge in [0.05, 0.1) is 0 Å². The van der Waals surface area contributed by atoms with Gasteiger partial charge < -0.3 is 9.80 Å². The smallest absolute Gasteiger partial charge is 0.230 e. The van der Waals surface area contributed by atoms with Crippen LogP contribution in [0, 0.1) is 5.92 Å². The number of anilines is 1. The maximum absolute atomic E-state index is 5.79. The fraction of sp³-hybridized carbons (Fsp3) is 0.727. The van der Waals surface area contributed by atoms with Gasteiger partial charge in [-0.1, -0.05) is 0 Å². The van der Waals surface area contributed by atoms with Gasteiger partial charge in [-0.25, -0.2) is 0 Å². The van der Waals surface area contributed by atoms with E-state index in [0.29, 0.717) is 5.95 Å². The van der Waals surface area contributed by atoms with Crippen LogP contribution < -0.4 is 4.90 Å². The Balaban J connectivity index is 1.96. The first kappa shape index (κ1) is 13.8. The molecule has 1 aromatic heterocycles. The van der Waals surface area contributed by atoms with Crippen molar-refractivity contribution >= 4 is 29.2 Å². The van der Waals surface area contributed by atoms with Crippen molar-refractivity contribution in [3.05, 3.63) is 10.6 Å². The maximum atomic E-state index is 5.79. The first-order valence-corrected chi connectivity index (χ1v) is 6.77. The number of nitrogens with zero attached hydrogens (tertiary/aromatic N) is 5. The van der Waals surface area contributed by atoms with Crippen molar-refractivity contribution in [1.29, 1.82) is 0 Å². The molecule has 2 rings (SSSR count). The minimum atomic E-state index is 0.153. The van der Waals surface area contributed by atoms with Gasteiger partial charge in [-0.2, -0.15) is 15.0 Å². The zero-order valence-electron chi connectivity index (χ0n) is 10.6. The molecule has 0 saturated carbocycles. The topological polar surface area (TPSA) is 45.2 Å². The van der Waals surface area contributed by atoms with Gasteiger partial charge in [0.25, 0.3) is 0 Å². The van der Waals surface area contributed by atoms with E-state index in [-0.39, 0.29) is 10.6 Å². The van der Waals surface area contributed by atoms with Crippen molar-refractivity contribution in [3.8, 4) is 0 Å². The summed E-state index contributed by atoms with van der Waals surface area (Å²) in [6, 6.07) is 0. The van der Waals surface area contributed by atoms with E-state index >= 15 is 0 Å². The first-order valence-electron chi connectivity index (χ1n) is 6.01. The molecule has 1 aromatic rings. The van der Waals surface area contributed by atoms with Crippen LogP contribution in [0.5, 0.6) is 0 Å². The third-order valence-electron chi connectivity index (χ3n) is 3.09. The van der Waals surface area contributed by atoms with E-state index < -0.39 is 0 Å². The van der Waals surface area contributed by atoms with Gasteiger partial charge in [-0.05, 0) is 56.1 Å². The van der Waals surface area contributed by atoms with E-state index in [2.05, 4.69) is 38.8 Å². The van der Waals surface area contributed by atoms with Gasteiger partial charge >= 0.3 is 0 Å². The van der Waals surface area contributed by atoms with E-state index in [4.69, 9.17) is 23.2 Å². The van der Waals surface area contributed by atoms with E-state index in [1.807, 2.05) is 0 Å². The van der Waals surface area contributed by atoms with Gasteiger partial charge in [0, 0.05) is 19.6 Å². The van der Waals surface area contributed by atoms with Gasteiger partial charge in [-0.15, -0.1) is 0 Å². The fourth-order valence-corrected chi connectivity index (χ4v) is 2.64. The Kier molecular flexibility index (Phi) is 4.59. The largest absolute Gasteiger partial charge is 0.341 e. The summed E-state index contributed by atoms with van der Waals surface area (Å²) in [6.07, 6.45) is 2.28. The molecule has 0 spiro atoms. The van der Waals surface area contributed by atoms with E-state index in [9.17, 15) is 0 Å². The second kappa shape index (κ2) is 5.99. The molecule has 0 amide bonds. The normalized spacial score (nSPS) is 17.5. The van der Waals surface area contributed by atoms with Crippen LogP contribution in [0.2, 0.25) is 10.6 Å². The van der Waals surface area contributed by atoms with Crippen molar-refractivity contribution in [2.75, 3.05) is 38.6 Å². The standard InChI is InChI=1S/C11H17Cl2N5/c1-17(2)7-8-3-5-18(6-4-8)11-15-9(12)14-10(13)16-11/h8H,3-7H2,1-2H3. The number of piperidine rings is 1. The summed E-state index contributed by atoms with van der Waals surface area (Å²) in [4.78, 5) is 16.3. The molecule has 1 aliphatic heterocycles. The predicted molar refractivity (Wildman–Crippen MR) is 73.3 cm³/mol. The van der Waals surface area contributed by atoms with Crippen molar-refractivity contribution in [2.45, 2.75) is 12.8 Å². The Morgan fingerprint density at radius 1 is 1.11 bits per heavy atom. The highest BCUT2D eigenvalue weighted by atomic mass is 35.5. The highest BCUT2D eigenvalue weighted by molar-refractivity contribution is 6.31. The quantitative estimate of drug-likeness (QED) is 0.851. The maximum Gasteiger partial charge on any atom is 0.230 e. The van der Waals surface area contributed by atoms with Crippen LogP contribution >= 0.6 is 23.2 Å². The second-order valence-electron chi connectivity index (χ2n) is 4.87. The van der Waals surface area contributed by atoms with Crippen LogP contribution in [0.4, 0.5) is 5.95 Å². The molecule has 0 unspecified atom stereocenters. The molecular formula is C11H17Cl2N5. The third-order valence-corrected chi connectivity index (χ3v) is 3.43. The molecule has 0 N–H and O–H groups in total. The molecule has 1 fully saturated rings. The number of hydrogen-bond acceptors (Lipinski definition) is 5.